The van der Waals surface area contributed by atoms with Crippen LogP contribution in [0.4, 0.5) is 0 Å². The lowest BCUT2D eigenvalue weighted by atomic mass is 10.0. The molecule has 0 aliphatic carbocycles. The first kappa shape index (κ1) is 12.1. The molecule has 1 N–H and O–H groups in total. The average Bonchev–Trinajstić information content (AvgIpc) is 2.65. The molecule has 2 rings (SSSR count). The molecule has 92 valence electrons. The van der Waals surface area contributed by atoms with Crippen LogP contribution in [0.3, 0.4) is 0 Å². The van der Waals surface area contributed by atoms with Gasteiger partial charge in [0, 0.05) is 5.57 Å². The number of allylic oxidation sites excluding steroid dienone is 1. The summed E-state index contributed by atoms with van der Waals surface area (Å²) in [6.45, 7) is 2.94. The van der Waals surface area contributed by atoms with Crippen LogP contribution in [-0.2, 0) is 14.3 Å². The molecule has 18 heavy (non-hydrogen) atoms. The molecule has 1 aliphatic rings. The van der Waals surface area contributed by atoms with Crippen LogP contribution in [0, 0.1) is 0 Å². The fourth-order valence-electron chi connectivity index (χ4n) is 1.79. The van der Waals surface area contributed by atoms with Gasteiger partial charge >= 0.3 is 5.97 Å². The SMILES string of the molecule is CC(=O)C1=C(O)/C(=C(\C)c2ccccc2)OC1=O. The molecular formula is C14H12O4. The Morgan fingerprint density at radius 2 is 1.78 bits per heavy atom. The van der Waals surface area contributed by atoms with Gasteiger partial charge in [-0.3, -0.25) is 4.79 Å². The zero-order valence-electron chi connectivity index (χ0n) is 10.1. The molecule has 0 amide bonds. The molecule has 0 saturated carbocycles. The van der Waals surface area contributed by atoms with Crippen molar-refractivity contribution in [2.45, 2.75) is 13.8 Å². The lowest BCUT2D eigenvalue weighted by Crippen LogP contribution is -2.06. The average molecular weight is 244 g/mol. The molecule has 4 nitrogen and oxygen atoms in total. The van der Waals surface area contributed by atoms with Crippen LogP contribution >= 0.6 is 0 Å². The van der Waals surface area contributed by atoms with Gasteiger partial charge in [0.1, 0.15) is 5.57 Å². The highest BCUT2D eigenvalue weighted by molar-refractivity contribution is 6.19. The number of carbonyl (C=O) groups is 2. The maximum atomic E-state index is 11.5. The van der Waals surface area contributed by atoms with Gasteiger partial charge in [-0.05, 0) is 19.4 Å². The molecule has 1 heterocycles. The summed E-state index contributed by atoms with van der Waals surface area (Å²) in [6.07, 6.45) is 0. The third-order valence-corrected chi connectivity index (χ3v) is 2.75. The number of benzene rings is 1. The Morgan fingerprint density at radius 1 is 1.17 bits per heavy atom. The minimum Gasteiger partial charge on any atom is -0.504 e. The van der Waals surface area contributed by atoms with Crippen molar-refractivity contribution >= 4 is 17.3 Å². The maximum absolute atomic E-state index is 11.5. The first-order valence-corrected chi connectivity index (χ1v) is 5.45. The molecule has 0 atom stereocenters. The molecule has 0 radical (unpaired) electrons. The van der Waals surface area contributed by atoms with Gasteiger partial charge in [0.25, 0.3) is 0 Å². The van der Waals surface area contributed by atoms with Gasteiger partial charge < -0.3 is 9.84 Å². The summed E-state index contributed by atoms with van der Waals surface area (Å²) in [7, 11) is 0. The minimum atomic E-state index is -0.801. The zero-order valence-corrected chi connectivity index (χ0v) is 10.1. The predicted molar refractivity (Wildman–Crippen MR) is 65.5 cm³/mol. The molecule has 0 bridgehead atoms. The van der Waals surface area contributed by atoms with Crippen molar-refractivity contribution in [3.05, 3.63) is 53.0 Å². The molecule has 0 unspecified atom stereocenters. The highest BCUT2D eigenvalue weighted by Gasteiger charge is 2.34. The first-order chi connectivity index (χ1) is 8.52. The second-order valence-electron chi connectivity index (χ2n) is 3.99. The smallest absolute Gasteiger partial charge is 0.351 e. The summed E-state index contributed by atoms with van der Waals surface area (Å²) in [6, 6.07) is 9.19. The van der Waals surface area contributed by atoms with Gasteiger partial charge in [0.2, 0.25) is 0 Å². The van der Waals surface area contributed by atoms with Crippen LogP contribution in [0.5, 0.6) is 0 Å². The number of rotatable bonds is 2. The topological polar surface area (TPSA) is 63.6 Å². The van der Waals surface area contributed by atoms with Gasteiger partial charge in [-0.2, -0.15) is 0 Å². The Kier molecular flexibility index (Phi) is 3.02. The van der Waals surface area contributed by atoms with Crippen molar-refractivity contribution in [2.24, 2.45) is 0 Å². The lowest BCUT2D eigenvalue weighted by Gasteiger charge is -2.05. The monoisotopic (exact) mass is 244 g/mol. The Bertz CT molecular complexity index is 579. The second kappa shape index (κ2) is 4.49. The number of aliphatic hydroxyl groups excluding tert-OH is 1. The number of esters is 1. The number of hydrogen-bond acceptors (Lipinski definition) is 4. The van der Waals surface area contributed by atoms with E-state index in [2.05, 4.69) is 0 Å². The van der Waals surface area contributed by atoms with E-state index in [1.807, 2.05) is 30.3 Å². The normalized spacial score (nSPS) is 17.8. The third-order valence-electron chi connectivity index (χ3n) is 2.75. The van der Waals surface area contributed by atoms with E-state index in [1.54, 1.807) is 6.92 Å². The highest BCUT2D eigenvalue weighted by atomic mass is 16.6. The largest absolute Gasteiger partial charge is 0.504 e. The summed E-state index contributed by atoms with van der Waals surface area (Å²) >= 11 is 0. The second-order valence-corrected chi connectivity index (χ2v) is 3.99. The summed E-state index contributed by atoms with van der Waals surface area (Å²) in [5.74, 6) is -1.64. The van der Waals surface area contributed by atoms with Gasteiger partial charge in [0.15, 0.2) is 17.3 Å². The quantitative estimate of drug-likeness (QED) is 0.640. The van der Waals surface area contributed by atoms with Gasteiger partial charge in [-0.25, -0.2) is 4.79 Å². The first-order valence-electron chi connectivity index (χ1n) is 5.45. The van der Waals surface area contributed by atoms with Crippen molar-refractivity contribution < 1.29 is 19.4 Å². The Hall–Kier alpha value is -2.36. The molecule has 0 spiro atoms. The number of ketones is 1. The molecule has 0 aromatic heterocycles. The number of carbonyl (C=O) groups excluding carboxylic acids is 2. The number of Topliss-reactive ketones (excluding diaryl/α,β-unsaturated/α-hetero) is 1. The van der Waals surface area contributed by atoms with Crippen molar-refractivity contribution in [2.75, 3.05) is 0 Å². The van der Waals surface area contributed by atoms with E-state index in [0.29, 0.717) is 5.57 Å². The van der Waals surface area contributed by atoms with E-state index in [-0.39, 0.29) is 17.1 Å². The summed E-state index contributed by atoms with van der Waals surface area (Å²) in [5, 5.41) is 9.88. The van der Waals surface area contributed by atoms with Crippen LogP contribution < -0.4 is 0 Å². The molecule has 1 aromatic carbocycles. The maximum Gasteiger partial charge on any atom is 0.351 e. The number of aliphatic hydroxyl groups is 1. The lowest BCUT2D eigenvalue weighted by molar-refractivity contribution is -0.134. The van der Waals surface area contributed by atoms with Crippen LogP contribution in [0.25, 0.3) is 5.57 Å². The van der Waals surface area contributed by atoms with Crippen molar-refractivity contribution in [3.8, 4) is 0 Å². The van der Waals surface area contributed by atoms with E-state index in [4.69, 9.17) is 4.74 Å². The van der Waals surface area contributed by atoms with E-state index < -0.39 is 11.8 Å². The molecule has 0 saturated heterocycles. The minimum absolute atomic E-state index is 0.0522. The van der Waals surface area contributed by atoms with E-state index in [9.17, 15) is 14.7 Å². The Labute approximate surface area is 104 Å². The van der Waals surface area contributed by atoms with E-state index in [1.165, 1.54) is 6.92 Å². The fourth-order valence-corrected chi connectivity index (χ4v) is 1.79. The van der Waals surface area contributed by atoms with Crippen LogP contribution in [0.1, 0.15) is 19.4 Å². The highest BCUT2D eigenvalue weighted by Crippen LogP contribution is 2.31. The zero-order chi connectivity index (χ0) is 13.3. The van der Waals surface area contributed by atoms with E-state index >= 15 is 0 Å². The van der Waals surface area contributed by atoms with Crippen LogP contribution in [0.2, 0.25) is 0 Å². The standard InChI is InChI=1S/C14H12O4/c1-8(10-6-4-3-5-7-10)13-12(16)11(9(2)15)14(17)18-13/h3-7,16H,1-2H3/b13-8-. The molecule has 1 aromatic rings. The predicted octanol–water partition coefficient (Wildman–Crippen LogP) is 2.38. The number of cyclic esters (lactones) is 1. The molecular weight excluding hydrogens is 232 g/mol. The fraction of sp³-hybridized carbons (Fsp3) is 0.143. The molecule has 0 fully saturated rings. The van der Waals surface area contributed by atoms with Crippen molar-refractivity contribution in [3.63, 3.8) is 0 Å². The van der Waals surface area contributed by atoms with Gasteiger partial charge in [0.05, 0.1) is 0 Å². The van der Waals surface area contributed by atoms with Crippen LogP contribution in [-0.4, -0.2) is 16.9 Å². The van der Waals surface area contributed by atoms with Crippen LogP contribution in [0.15, 0.2) is 47.4 Å². The molecule has 4 heteroatoms. The number of hydrogen-bond donors (Lipinski definition) is 1. The van der Waals surface area contributed by atoms with E-state index in [0.717, 1.165) is 5.56 Å². The third kappa shape index (κ3) is 1.93. The summed E-state index contributed by atoms with van der Waals surface area (Å²) < 4.78 is 4.96. The van der Waals surface area contributed by atoms with Gasteiger partial charge in [-0.15, -0.1) is 0 Å². The summed E-state index contributed by atoms with van der Waals surface area (Å²) in [5.41, 5.74) is 1.13. The van der Waals surface area contributed by atoms with Crippen molar-refractivity contribution in [1.29, 1.82) is 0 Å². The Morgan fingerprint density at radius 3 is 2.28 bits per heavy atom. The molecule has 1 aliphatic heterocycles. The number of ether oxygens (including phenoxy) is 1. The van der Waals surface area contributed by atoms with Gasteiger partial charge in [-0.1, -0.05) is 30.3 Å². The van der Waals surface area contributed by atoms with Crippen molar-refractivity contribution in [1.82, 2.24) is 0 Å². The Balaban J connectivity index is 2.54. The summed E-state index contributed by atoms with van der Waals surface area (Å²) in [4.78, 5) is 22.7.